The van der Waals surface area contributed by atoms with Crippen LogP contribution in [-0.2, 0) is 22.4 Å². The molecule has 1 N–H and O–H groups in total. The van der Waals surface area contributed by atoms with Crippen LogP contribution in [0.1, 0.15) is 34.9 Å². The van der Waals surface area contributed by atoms with Crippen molar-refractivity contribution in [3.8, 4) is 0 Å². The van der Waals surface area contributed by atoms with Crippen LogP contribution >= 0.6 is 11.3 Å². The van der Waals surface area contributed by atoms with Crippen molar-refractivity contribution >= 4 is 29.0 Å². The van der Waals surface area contributed by atoms with Crippen LogP contribution in [0.3, 0.4) is 0 Å². The SMILES string of the molecule is CCOC(=O)c1csc(CN(CCOC)C(=O)Nc2ccccc2CC)n1. The third kappa shape index (κ3) is 6.04. The molecule has 0 unspecified atom stereocenters. The normalized spacial score (nSPS) is 10.5. The van der Waals surface area contributed by atoms with Crippen molar-refractivity contribution in [3.05, 3.63) is 45.9 Å². The third-order valence-electron chi connectivity index (χ3n) is 3.85. The Hall–Kier alpha value is -2.45. The average Bonchev–Trinajstić information content (AvgIpc) is 3.14. The summed E-state index contributed by atoms with van der Waals surface area (Å²) in [6.45, 7) is 5.18. The Morgan fingerprint density at radius 1 is 1.26 bits per heavy atom. The fourth-order valence-corrected chi connectivity index (χ4v) is 3.22. The standard InChI is InChI=1S/C19H25N3O4S/c1-4-14-8-6-7-9-15(14)21-19(24)22(10-11-25-3)12-17-20-16(13-27-17)18(23)26-5-2/h6-9,13H,4-5,10-12H2,1-3H3,(H,21,24). The molecule has 0 aliphatic heterocycles. The Balaban J connectivity index is 2.10. The van der Waals surface area contributed by atoms with Crippen LogP contribution in [0, 0.1) is 0 Å². The van der Waals surface area contributed by atoms with Crippen molar-refractivity contribution < 1.29 is 19.1 Å². The molecule has 0 saturated carbocycles. The average molecular weight is 391 g/mol. The molecule has 8 heteroatoms. The lowest BCUT2D eigenvalue weighted by Gasteiger charge is -2.22. The molecule has 0 bridgehead atoms. The van der Waals surface area contributed by atoms with Crippen molar-refractivity contribution in [2.45, 2.75) is 26.8 Å². The summed E-state index contributed by atoms with van der Waals surface area (Å²) < 4.78 is 10.1. The number of thiazole rings is 1. The van der Waals surface area contributed by atoms with Crippen molar-refractivity contribution in [2.24, 2.45) is 0 Å². The molecule has 0 spiro atoms. The van der Waals surface area contributed by atoms with Crippen molar-refractivity contribution in [3.63, 3.8) is 0 Å². The number of nitrogens with one attached hydrogen (secondary N) is 1. The number of ether oxygens (including phenoxy) is 2. The third-order valence-corrected chi connectivity index (χ3v) is 4.69. The first kappa shape index (κ1) is 20.9. The number of aryl methyl sites for hydroxylation is 1. The van der Waals surface area contributed by atoms with Gasteiger partial charge in [-0.1, -0.05) is 25.1 Å². The quantitative estimate of drug-likeness (QED) is 0.661. The Morgan fingerprint density at radius 3 is 2.74 bits per heavy atom. The molecule has 1 heterocycles. The van der Waals surface area contributed by atoms with Gasteiger partial charge in [-0.3, -0.25) is 0 Å². The number of amides is 2. The maximum Gasteiger partial charge on any atom is 0.357 e. The number of aromatic nitrogens is 1. The highest BCUT2D eigenvalue weighted by Crippen LogP contribution is 2.18. The van der Waals surface area contributed by atoms with Crippen LogP contribution in [-0.4, -0.2) is 48.8 Å². The van der Waals surface area contributed by atoms with E-state index in [0.29, 0.717) is 24.8 Å². The van der Waals surface area contributed by atoms with Crippen LogP contribution in [0.4, 0.5) is 10.5 Å². The summed E-state index contributed by atoms with van der Waals surface area (Å²) in [5, 5.41) is 5.26. The summed E-state index contributed by atoms with van der Waals surface area (Å²) in [5.74, 6) is -0.454. The second-order valence-corrected chi connectivity index (χ2v) is 6.64. The largest absolute Gasteiger partial charge is 0.461 e. The molecule has 2 aromatic rings. The van der Waals surface area contributed by atoms with E-state index in [0.717, 1.165) is 17.7 Å². The van der Waals surface area contributed by atoms with E-state index in [-0.39, 0.29) is 18.3 Å². The molecule has 1 aromatic carbocycles. The van der Waals surface area contributed by atoms with E-state index in [9.17, 15) is 9.59 Å². The number of carbonyl (C=O) groups excluding carboxylic acids is 2. The molecule has 0 radical (unpaired) electrons. The molecule has 0 aliphatic rings. The molecule has 0 atom stereocenters. The van der Waals surface area contributed by atoms with E-state index in [1.807, 2.05) is 31.2 Å². The van der Waals surface area contributed by atoms with Crippen molar-refractivity contribution in [2.75, 3.05) is 32.2 Å². The Morgan fingerprint density at radius 2 is 2.04 bits per heavy atom. The van der Waals surface area contributed by atoms with Gasteiger partial charge in [0.25, 0.3) is 0 Å². The van der Waals surface area contributed by atoms with Crippen LogP contribution in [0.25, 0.3) is 0 Å². The lowest BCUT2D eigenvalue weighted by Crippen LogP contribution is -2.37. The van der Waals surface area contributed by atoms with Gasteiger partial charge in [-0.25, -0.2) is 14.6 Å². The lowest BCUT2D eigenvalue weighted by molar-refractivity contribution is 0.0520. The summed E-state index contributed by atoms with van der Waals surface area (Å²) in [6.07, 6.45) is 0.823. The van der Waals surface area contributed by atoms with E-state index in [1.54, 1.807) is 24.3 Å². The molecule has 7 nitrogen and oxygen atoms in total. The number of benzene rings is 1. The second-order valence-electron chi connectivity index (χ2n) is 5.70. The van der Waals surface area contributed by atoms with Gasteiger partial charge < -0.3 is 19.7 Å². The highest BCUT2D eigenvalue weighted by Gasteiger charge is 2.18. The Kier molecular flexibility index (Phi) is 8.22. The topological polar surface area (TPSA) is 80.8 Å². The summed E-state index contributed by atoms with van der Waals surface area (Å²) in [5.41, 5.74) is 2.12. The van der Waals surface area contributed by atoms with Gasteiger partial charge in [0.2, 0.25) is 0 Å². The van der Waals surface area contributed by atoms with Crippen LogP contribution < -0.4 is 5.32 Å². The molecule has 1 aromatic heterocycles. The molecule has 146 valence electrons. The Bertz CT molecular complexity index is 763. The van der Waals surface area contributed by atoms with Gasteiger partial charge in [-0.15, -0.1) is 11.3 Å². The molecule has 0 saturated heterocycles. The van der Waals surface area contributed by atoms with Gasteiger partial charge in [0.15, 0.2) is 5.69 Å². The summed E-state index contributed by atoms with van der Waals surface area (Å²) in [6, 6.07) is 7.47. The first-order valence-electron chi connectivity index (χ1n) is 8.83. The highest BCUT2D eigenvalue weighted by atomic mass is 32.1. The predicted molar refractivity (Wildman–Crippen MR) is 105 cm³/mol. The zero-order valence-electron chi connectivity index (χ0n) is 15.9. The van der Waals surface area contributed by atoms with Gasteiger partial charge >= 0.3 is 12.0 Å². The van der Waals surface area contributed by atoms with Gasteiger partial charge in [-0.05, 0) is 25.0 Å². The molecule has 2 amide bonds. The van der Waals surface area contributed by atoms with Gasteiger partial charge in [0.05, 0.1) is 19.8 Å². The molecular weight excluding hydrogens is 366 g/mol. The van der Waals surface area contributed by atoms with E-state index in [2.05, 4.69) is 10.3 Å². The number of hydrogen-bond acceptors (Lipinski definition) is 6. The second kappa shape index (κ2) is 10.6. The smallest absolute Gasteiger partial charge is 0.357 e. The molecule has 27 heavy (non-hydrogen) atoms. The summed E-state index contributed by atoms with van der Waals surface area (Å²) >= 11 is 1.32. The lowest BCUT2D eigenvalue weighted by atomic mass is 10.1. The first-order valence-corrected chi connectivity index (χ1v) is 9.71. The monoisotopic (exact) mass is 391 g/mol. The number of rotatable bonds is 9. The number of para-hydroxylation sites is 1. The van der Waals surface area contributed by atoms with Crippen LogP contribution in [0.2, 0.25) is 0 Å². The van der Waals surface area contributed by atoms with Crippen LogP contribution in [0.5, 0.6) is 0 Å². The van der Waals surface area contributed by atoms with Crippen molar-refractivity contribution in [1.82, 2.24) is 9.88 Å². The number of methoxy groups -OCH3 is 1. The highest BCUT2D eigenvalue weighted by molar-refractivity contribution is 7.09. The summed E-state index contributed by atoms with van der Waals surface area (Å²) in [7, 11) is 1.59. The molecule has 2 rings (SSSR count). The number of hydrogen-bond donors (Lipinski definition) is 1. The predicted octanol–water partition coefficient (Wildman–Crippen LogP) is 3.56. The number of carbonyl (C=O) groups is 2. The number of urea groups is 1. The first-order chi connectivity index (χ1) is 13.1. The minimum absolute atomic E-state index is 0.235. The zero-order chi connectivity index (χ0) is 19.6. The minimum atomic E-state index is -0.454. The minimum Gasteiger partial charge on any atom is -0.461 e. The molecule has 0 fully saturated rings. The van der Waals surface area contributed by atoms with E-state index < -0.39 is 5.97 Å². The fourth-order valence-electron chi connectivity index (χ4n) is 2.44. The Labute approximate surface area is 163 Å². The maximum absolute atomic E-state index is 12.8. The van der Waals surface area contributed by atoms with E-state index >= 15 is 0 Å². The molecule has 0 aliphatic carbocycles. The summed E-state index contributed by atoms with van der Waals surface area (Å²) in [4.78, 5) is 30.4. The van der Waals surface area contributed by atoms with Gasteiger partial charge in [-0.2, -0.15) is 0 Å². The van der Waals surface area contributed by atoms with E-state index in [1.165, 1.54) is 11.3 Å². The van der Waals surface area contributed by atoms with Crippen molar-refractivity contribution in [1.29, 1.82) is 0 Å². The van der Waals surface area contributed by atoms with Crippen LogP contribution in [0.15, 0.2) is 29.6 Å². The zero-order valence-corrected chi connectivity index (χ0v) is 16.7. The maximum atomic E-state index is 12.8. The number of esters is 1. The number of anilines is 1. The van der Waals surface area contributed by atoms with E-state index in [4.69, 9.17) is 9.47 Å². The van der Waals surface area contributed by atoms with Gasteiger partial charge in [0, 0.05) is 24.7 Å². The number of nitrogens with zero attached hydrogens (tertiary/aromatic N) is 2. The fraction of sp³-hybridized carbons (Fsp3) is 0.421. The van der Waals surface area contributed by atoms with Gasteiger partial charge in [0.1, 0.15) is 5.01 Å². The molecular formula is C19H25N3O4S.